The lowest BCUT2D eigenvalue weighted by molar-refractivity contribution is 1.13. The summed E-state index contributed by atoms with van der Waals surface area (Å²) in [5, 5.41) is 1.20. The van der Waals surface area contributed by atoms with E-state index < -0.39 is 0 Å². The van der Waals surface area contributed by atoms with E-state index in [9.17, 15) is 0 Å². The Hall–Kier alpha value is 0.0200. The van der Waals surface area contributed by atoms with E-state index >= 15 is 0 Å². The van der Waals surface area contributed by atoms with Crippen molar-refractivity contribution in [3.63, 3.8) is 0 Å². The maximum Gasteiger partial charge on any atom is 0.0644 e. The van der Waals surface area contributed by atoms with Gasteiger partial charge in [-0.15, -0.1) is 11.8 Å². The van der Waals surface area contributed by atoms with Gasteiger partial charge in [0.1, 0.15) is 0 Å². The molecule has 0 unspecified atom stereocenters. The van der Waals surface area contributed by atoms with Gasteiger partial charge in [0.15, 0.2) is 0 Å². The highest BCUT2D eigenvalue weighted by Gasteiger charge is 1.84. The van der Waals surface area contributed by atoms with Crippen molar-refractivity contribution in [3.8, 4) is 0 Å². The molecule has 0 rings (SSSR count). The van der Waals surface area contributed by atoms with Gasteiger partial charge in [0.2, 0.25) is 0 Å². The molecule has 0 heterocycles. The van der Waals surface area contributed by atoms with Gasteiger partial charge < -0.3 is 0 Å². The van der Waals surface area contributed by atoms with E-state index in [1.807, 2.05) is 0 Å². The van der Waals surface area contributed by atoms with Crippen LogP contribution < -0.4 is 0 Å². The third kappa shape index (κ3) is 4.19. The summed E-state index contributed by atoms with van der Waals surface area (Å²) in [5.41, 5.74) is 0. The van der Waals surface area contributed by atoms with E-state index in [-0.39, 0.29) is 0 Å². The Balaban J connectivity index is 3.29. The van der Waals surface area contributed by atoms with Crippen LogP contribution in [0.4, 0.5) is 0 Å². The first-order valence-corrected chi connectivity index (χ1v) is 3.93. The van der Waals surface area contributed by atoms with E-state index in [0.717, 1.165) is 12.3 Å². The first-order valence-electron chi connectivity index (χ1n) is 2.95. The second-order valence-corrected chi connectivity index (χ2v) is 2.88. The molecule has 0 fully saturated rings. The van der Waals surface area contributed by atoms with Crippen LogP contribution in [0.1, 0.15) is 20.8 Å². The van der Waals surface area contributed by atoms with Crippen molar-refractivity contribution in [2.75, 3.05) is 12.3 Å². The van der Waals surface area contributed by atoms with E-state index in [4.69, 9.17) is 0 Å². The van der Waals surface area contributed by atoms with E-state index in [1.54, 1.807) is 11.8 Å². The fourth-order valence-corrected chi connectivity index (χ4v) is 1.12. The number of hydrogen-bond donors (Lipinski definition) is 0. The Bertz CT molecular complexity index is 78.6. The van der Waals surface area contributed by atoms with Crippen LogP contribution in [-0.2, 0) is 0 Å². The molecule has 0 atom stereocenters. The normalized spacial score (nSPS) is 12.1. The van der Waals surface area contributed by atoms with Crippen LogP contribution in [0.5, 0.6) is 0 Å². The topological polar surface area (TPSA) is 12.4 Å². The minimum Gasteiger partial charge on any atom is -0.284 e. The van der Waals surface area contributed by atoms with Crippen molar-refractivity contribution in [1.82, 2.24) is 0 Å². The van der Waals surface area contributed by atoms with Crippen LogP contribution in [0, 0.1) is 0 Å². The van der Waals surface area contributed by atoms with Crippen LogP contribution in [0.15, 0.2) is 4.99 Å². The monoisotopic (exact) mass is 131 g/mol. The number of thioether (sulfide) groups is 1. The third-order valence-electron chi connectivity index (χ3n) is 0.734. The molecule has 0 saturated carbocycles. The minimum absolute atomic E-state index is 0.916. The fraction of sp³-hybridized carbons (Fsp3) is 0.833. The molecule has 48 valence electrons. The number of aliphatic imine (C=N–C) groups is 1. The van der Waals surface area contributed by atoms with Crippen LogP contribution in [0.3, 0.4) is 0 Å². The smallest absolute Gasteiger partial charge is 0.0644 e. The Morgan fingerprint density at radius 1 is 1.50 bits per heavy atom. The van der Waals surface area contributed by atoms with Gasteiger partial charge in [-0.3, -0.25) is 4.99 Å². The zero-order valence-electron chi connectivity index (χ0n) is 5.77. The predicted octanol–water partition coefficient (Wildman–Crippen LogP) is 2.18. The molecule has 0 aromatic rings. The molecular formula is C6H13NS. The minimum atomic E-state index is 0.916. The molecular weight excluding hydrogens is 118 g/mol. The number of rotatable bonds is 2. The SMILES string of the molecule is CC/N=C(/C)SCC. The lowest BCUT2D eigenvalue weighted by Crippen LogP contribution is -1.84. The average molecular weight is 131 g/mol. The fourth-order valence-electron chi connectivity index (χ4n) is 0.477. The lowest BCUT2D eigenvalue weighted by Gasteiger charge is -1.92. The quantitative estimate of drug-likeness (QED) is 0.413. The van der Waals surface area contributed by atoms with Gasteiger partial charge in [0.25, 0.3) is 0 Å². The van der Waals surface area contributed by atoms with Crippen molar-refractivity contribution in [3.05, 3.63) is 0 Å². The van der Waals surface area contributed by atoms with Gasteiger partial charge in [-0.1, -0.05) is 6.92 Å². The van der Waals surface area contributed by atoms with Crippen molar-refractivity contribution in [1.29, 1.82) is 0 Å². The molecule has 0 N–H and O–H groups in total. The Labute approximate surface area is 55.6 Å². The van der Waals surface area contributed by atoms with Gasteiger partial charge in [-0.2, -0.15) is 0 Å². The number of hydrogen-bond acceptors (Lipinski definition) is 2. The van der Waals surface area contributed by atoms with Crippen LogP contribution >= 0.6 is 11.8 Å². The standard InChI is InChI=1S/C6H13NS/c1-4-7-6(3)8-5-2/h4-5H2,1-3H3/b7-6-. The molecule has 0 aliphatic carbocycles. The second kappa shape index (κ2) is 5.16. The van der Waals surface area contributed by atoms with Gasteiger partial charge in [0, 0.05) is 6.54 Å². The summed E-state index contributed by atoms with van der Waals surface area (Å²) in [5.74, 6) is 1.13. The molecule has 8 heavy (non-hydrogen) atoms. The summed E-state index contributed by atoms with van der Waals surface area (Å²) in [4.78, 5) is 4.19. The van der Waals surface area contributed by atoms with Crippen molar-refractivity contribution in [2.24, 2.45) is 4.99 Å². The summed E-state index contributed by atoms with van der Waals surface area (Å²) in [6.45, 7) is 7.16. The Morgan fingerprint density at radius 2 is 2.12 bits per heavy atom. The summed E-state index contributed by atoms with van der Waals surface area (Å²) >= 11 is 1.81. The number of nitrogens with zero attached hydrogens (tertiary/aromatic N) is 1. The zero-order chi connectivity index (χ0) is 6.41. The summed E-state index contributed by atoms with van der Waals surface area (Å²) in [7, 11) is 0. The van der Waals surface area contributed by atoms with E-state index in [0.29, 0.717) is 0 Å². The maximum atomic E-state index is 4.19. The largest absolute Gasteiger partial charge is 0.284 e. The van der Waals surface area contributed by atoms with Crippen LogP contribution in [0.2, 0.25) is 0 Å². The molecule has 0 spiro atoms. The van der Waals surface area contributed by atoms with Crippen LogP contribution in [-0.4, -0.2) is 17.3 Å². The van der Waals surface area contributed by atoms with Gasteiger partial charge in [0.05, 0.1) is 5.04 Å². The highest BCUT2D eigenvalue weighted by atomic mass is 32.2. The van der Waals surface area contributed by atoms with Crippen LogP contribution in [0.25, 0.3) is 0 Å². The highest BCUT2D eigenvalue weighted by Crippen LogP contribution is 2.00. The molecule has 2 heteroatoms. The average Bonchev–Trinajstić information content (AvgIpc) is 1.68. The molecule has 0 aromatic carbocycles. The third-order valence-corrected chi connectivity index (χ3v) is 1.57. The lowest BCUT2D eigenvalue weighted by atomic mass is 10.7. The van der Waals surface area contributed by atoms with Gasteiger partial charge in [-0.05, 0) is 19.6 Å². The molecule has 0 saturated heterocycles. The molecule has 0 radical (unpaired) electrons. The maximum absolute atomic E-state index is 4.19. The highest BCUT2D eigenvalue weighted by molar-refractivity contribution is 8.13. The summed E-state index contributed by atoms with van der Waals surface area (Å²) < 4.78 is 0. The van der Waals surface area contributed by atoms with E-state index in [2.05, 4.69) is 25.8 Å². The zero-order valence-corrected chi connectivity index (χ0v) is 6.59. The van der Waals surface area contributed by atoms with Crippen molar-refractivity contribution >= 4 is 16.8 Å². The molecule has 0 aliphatic rings. The predicted molar refractivity (Wildman–Crippen MR) is 41.8 cm³/mol. The first-order chi connectivity index (χ1) is 3.81. The summed E-state index contributed by atoms with van der Waals surface area (Å²) in [6, 6.07) is 0. The molecule has 0 aromatic heterocycles. The molecule has 1 nitrogen and oxygen atoms in total. The Morgan fingerprint density at radius 3 is 2.50 bits per heavy atom. The second-order valence-electron chi connectivity index (χ2n) is 1.43. The molecule has 0 aliphatic heterocycles. The molecule has 0 bridgehead atoms. The van der Waals surface area contributed by atoms with Gasteiger partial charge >= 0.3 is 0 Å². The Kier molecular flexibility index (Phi) is 5.18. The van der Waals surface area contributed by atoms with Crippen molar-refractivity contribution in [2.45, 2.75) is 20.8 Å². The molecule has 0 amide bonds. The van der Waals surface area contributed by atoms with Crippen molar-refractivity contribution < 1.29 is 0 Å². The first kappa shape index (κ1) is 8.02. The van der Waals surface area contributed by atoms with E-state index in [1.165, 1.54) is 5.04 Å². The van der Waals surface area contributed by atoms with Gasteiger partial charge in [-0.25, -0.2) is 0 Å². The summed E-state index contributed by atoms with van der Waals surface area (Å²) in [6.07, 6.45) is 0.